The van der Waals surface area contributed by atoms with Gasteiger partial charge in [0.05, 0.1) is 0 Å². The molecule has 150 valence electrons. The van der Waals surface area contributed by atoms with Crippen LogP contribution in [0.1, 0.15) is 11.1 Å². The minimum atomic E-state index is 0.672. The summed E-state index contributed by atoms with van der Waals surface area (Å²) in [7, 11) is 0. The molecular weight excluding hydrogens is 382 g/mol. The first-order valence-electron chi connectivity index (χ1n) is 10.1. The summed E-state index contributed by atoms with van der Waals surface area (Å²) in [4.78, 5) is 4.96. The van der Waals surface area contributed by atoms with Gasteiger partial charge in [-0.3, -0.25) is 9.80 Å². The monoisotopic (exact) mass is 407 g/mol. The van der Waals surface area contributed by atoms with Gasteiger partial charge in [0.1, 0.15) is 12.4 Å². The zero-order valence-electron chi connectivity index (χ0n) is 16.5. The molecule has 0 spiro atoms. The molecule has 1 heterocycles. The van der Waals surface area contributed by atoms with Gasteiger partial charge < -0.3 is 10.1 Å². The summed E-state index contributed by atoms with van der Waals surface area (Å²) in [5.41, 5.74) is 2.23. The number of rotatable bonds is 7. The summed E-state index contributed by atoms with van der Waals surface area (Å²) in [5.74, 6) is 0.896. The van der Waals surface area contributed by atoms with Crippen LogP contribution < -0.4 is 4.74 Å². The van der Waals surface area contributed by atoms with E-state index in [4.69, 9.17) is 21.7 Å². The van der Waals surface area contributed by atoms with E-state index < -0.39 is 0 Å². The first-order valence-corrected chi connectivity index (χ1v) is 10.4. The van der Waals surface area contributed by atoms with Crippen molar-refractivity contribution in [2.24, 2.45) is 0 Å². The lowest BCUT2D eigenvalue weighted by Gasteiger charge is -2.34. The summed E-state index contributed by atoms with van der Waals surface area (Å²) >= 11 is 5.97. The molecule has 0 saturated carbocycles. The quantitative estimate of drug-likeness (QED) is 0.577. The van der Waals surface area contributed by atoms with Gasteiger partial charge in [-0.05, 0) is 35.2 Å². The first kappa shape index (κ1) is 19.9. The van der Waals surface area contributed by atoms with Crippen LogP contribution in [0.5, 0.6) is 5.75 Å². The Morgan fingerprint density at radius 2 is 1.55 bits per heavy atom. The maximum Gasteiger partial charge on any atom is 0.127 e. The van der Waals surface area contributed by atoms with Crippen molar-refractivity contribution in [3.63, 3.8) is 0 Å². The van der Waals surface area contributed by atoms with E-state index in [1.165, 1.54) is 11.8 Å². The largest absolute Gasteiger partial charge is 0.492 e. The fourth-order valence-electron chi connectivity index (χ4n) is 3.85. The number of hydrogen-bond acceptors (Lipinski definition) is 4. The molecule has 1 saturated heterocycles. The topological polar surface area (TPSA) is 39.6 Å². The molecule has 0 bridgehead atoms. The number of fused-ring (bicyclic) bond motifs is 1. The van der Waals surface area contributed by atoms with E-state index in [1.807, 2.05) is 42.5 Å². The van der Waals surface area contributed by atoms with E-state index >= 15 is 0 Å². The Hall–Kier alpha value is -2.40. The van der Waals surface area contributed by atoms with Crippen molar-refractivity contribution >= 4 is 28.6 Å². The Labute approximate surface area is 177 Å². The van der Waals surface area contributed by atoms with Gasteiger partial charge in [-0.25, -0.2) is 0 Å². The summed E-state index contributed by atoms with van der Waals surface area (Å²) in [5, 5.41) is 10.5. The van der Waals surface area contributed by atoms with Crippen LogP contribution in [0.15, 0.2) is 60.7 Å². The maximum atomic E-state index is 7.58. The van der Waals surface area contributed by atoms with E-state index in [1.54, 1.807) is 0 Å². The molecule has 0 radical (unpaired) electrons. The predicted molar refractivity (Wildman–Crippen MR) is 120 cm³/mol. The molecule has 0 aromatic heterocycles. The number of benzene rings is 3. The van der Waals surface area contributed by atoms with E-state index in [-0.39, 0.29) is 0 Å². The van der Waals surface area contributed by atoms with Crippen LogP contribution in [-0.4, -0.2) is 55.3 Å². The molecule has 0 unspecified atom stereocenters. The zero-order valence-corrected chi connectivity index (χ0v) is 17.2. The maximum absolute atomic E-state index is 7.58. The Morgan fingerprint density at radius 3 is 2.28 bits per heavy atom. The Morgan fingerprint density at radius 1 is 0.862 bits per heavy atom. The summed E-state index contributed by atoms with van der Waals surface area (Å²) in [6.45, 7) is 6.83. The highest BCUT2D eigenvalue weighted by Gasteiger charge is 2.17. The average molecular weight is 408 g/mol. The second-order valence-electron chi connectivity index (χ2n) is 7.44. The third-order valence-corrected chi connectivity index (χ3v) is 5.77. The van der Waals surface area contributed by atoms with Crippen molar-refractivity contribution in [1.82, 2.24) is 9.80 Å². The molecule has 4 nitrogen and oxygen atoms in total. The van der Waals surface area contributed by atoms with Crippen LogP contribution in [0.3, 0.4) is 0 Å². The van der Waals surface area contributed by atoms with Crippen molar-refractivity contribution in [2.45, 2.75) is 6.54 Å². The van der Waals surface area contributed by atoms with E-state index in [9.17, 15) is 0 Å². The molecule has 1 aliphatic rings. The summed E-state index contributed by atoms with van der Waals surface area (Å²) in [6, 6.07) is 20.2. The SMILES string of the molecule is N=Cc1ccc(OCCN2CCN(Cc3ccc(Cl)cc3)CC2)c2ccccc12. The fraction of sp³-hybridized carbons (Fsp3) is 0.292. The molecule has 0 atom stereocenters. The number of ether oxygens (including phenoxy) is 1. The van der Waals surface area contributed by atoms with Gasteiger partial charge in [0, 0.05) is 61.5 Å². The molecule has 4 rings (SSSR count). The first-order chi connectivity index (χ1) is 14.2. The number of nitrogens with one attached hydrogen (secondary N) is 1. The minimum Gasteiger partial charge on any atom is -0.492 e. The molecule has 1 aliphatic heterocycles. The van der Waals surface area contributed by atoms with Gasteiger partial charge >= 0.3 is 0 Å². The molecule has 3 aromatic rings. The Bertz CT molecular complexity index is 966. The number of hydrogen-bond donors (Lipinski definition) is 1. The molecular formula is C24H26ClN3O. The van der Waals surface area contributed by atoms with Gasteiger partial charge in [-0.1, -0.05) is 48.0 Å². The van der Waals surface area contributed by atoms with Crippen molar-refractivity contribution < 1.29 is 4.74 Å². The summed E-state index contributed by atoms with van der Waals surface area (Å²) < 4.78 is 6.11. The van der Waals surface area contributed by atoms with Crippen LogP contribution in [0.2, 0.25) is 5.02 Å². The molecule has 1 fully saturated rings. The van der Waals surface area contributed by atoms with Crippen LogP contribution >= 0.6 is 11.6 Å². The molecule has 0 aliphatic carbocycles. The number of piperazine rings is 1. The third kappa shape index (κ3) is 4.96. The second kappa shape index (κ2) is 9.40. The van der Waals surface area contributed by atoms with Crippen LogP contribution in [0.4, 0.5) is 0 Å². The highest BCUT2D eigenvalue weighted by atomic mass is 35.5. The van der Waals surface area contributed by atoms with Gasteiger partial charge in [0.2, 0.25) is 0 Å². The third-order valence-electron chi connectivity index (χ3n) is 5.52. The average Bonchev–Trinajstić information content (AvgIpc) is 2.76. The number of halogens is 1. The van der Waals surface area contributed by atoms with Gasteiger partial charge in [0.25, 0.3) is 0 Å². The normalized spacial score (nSPS) is 15.5. The van der Waals surface area contributed by atoms with Gasteiger partial charge in [-0.2, -0.15) is 0 Å². The highest BCUT2D eigenvalue weighted by molar-refractivity contribution is 6.30. The zero-order chi connectivity index (χ0) is 20.1. The van der Waals surface area contributed by atoms with E-state index in [2.05, 4.69) is 28.0 Å². The Balaban J connectivity index is 1.26. The lowest BCUT2D eigenvalue weighted by atomic mass is 10.0. The minimum absolute atomic E-state index is 0.672. The van der Waals surface area contributed by atoms with E-state index in [0.717, 1.165) is 66.4 Å². The van der Waals surface area contributed by atoms with Crippen LogP contribution in [0.25, 0.3) is 10.8 Å². The van der Waals surface area contributed by atoms with Crippen LogP contribution in [-0.2, 0) is 6.54 Å². The molecule has 29 heavy (non-hydrogen) atoms. The predicted octanol–water partition coefficient (Wildman–Crippen LogP) is 4.69. The van der Waals surface area contributed by atoms with Crippen molar-refractivity contribution in [3.8, 4) is 5.75 Å². The smallest absolute Gasteiger partial charge is 0.127 e. The highest BCUT2D eigenvalue weighted by Crippen LogP contribution is 2.27. The van der Waals surface area contributed by atoms with Gasteiger partial charge in [-0.15, -0.1) is 0 Å². The Kier molecular flexibility index (Phi) is 6.45. The summed E-state index contributed by atoms with van der Waals surface area (Å²) in [6.07, 6.45) is 1.40. The fourth-order valence-corrected chi connectivity index (χ4v) is 3.98. The standard InChI is InChI=1S/C24H26ClN3O/c25-21-8-5-19(6-9-21)18-28-13-11-27(12-14-28)15-16-29-24-10-7-20(17-26)22-3-1-2-4-23(22)24/h1-10,17,26H,11-16,18H2. The molecule has 0 amide bonds. The molecule has 1 N–H and O–H groups in total. The second-order valence-corrected chi connectivity index (χ2v) is 7.87. The molecule has 5 heteroatoms. The lowest BCUT2D eigenvalue weighted by Crippen LogP contribution is -2.47. The number of nitrogens with zero attached hydrogens (tertiary/aromatic N) is 2. The van der Waals surface area contributed by atoms with Crippen molar-refractivity contribution in [1.29, 1.82) is 5.41 Å². The lowest BCUT2D eigenvalue weighted by molar-refractivity contribution is 0.113. The van der Waals surface area contributed by atoms with Crippen LogP contribution in [0, 0.1) is 5.41 Å². The van der Waals surface area contributed by atoms with Gasteiger partial charge in [0.15, 0.2) is 0 Å². The van der Waals surface area contributed by atoms with Crippen molar-refractivity contribution in [2.75, 3.05) is 39.3 Å². The van der Waals surface area contributed by atoms with E-state index in [0.29, 0.717) is 6.61 Å². The van der Waals surface area contributed by atoms with Crippen molar-refractivity contribution in [3.05, 3.63) is 76.8 Å². The molecule has 3 aromatic carbocycles.